The maximum absolute atomic E-state index is 6.34. The van der Waals surface area contributed by atoms with Gasteiger partial charge >= 0.3 is 0 Å². The Hall–Kier alpha value is -13.7. The molecule has 0 atom stereocenters. The van der Waals surface area contributed by atoms with Crippen LogP contribution >= 0.6 is 0 Å². The van der Waals surface area contributed by atoms with Crippen LogP contribution in [0.15, 0.2) is 399 Å². The molecule has 104 heavy (non-hydrogen) atoms. The van der Waals surface area contributed by atoms with Gasteiger partial charge in [-0.15, -0.1) is 0 Å². The Bertz CT molecular complexity index is 5830. The van der Waals surface area contributed by atoms with Gasteiger partial charge in [-0.05, 0) is 179 Å². The van der Waals surface area contributed by atoms with E-state index in [1.54, 1.807) is 0 Å². The van der Waals surface area contributed by atoms with Crippen LogP contribution < -0.4 is 9.80 Å². The molecule has 0 saturated heterocycles. The maximum atomic E-state index is 6.34. The van der Waals surface area contributed by atoms with E-state index in [2.05, 4.69) is 406 Å². The van der Waals surface area contributed by atoms with Crippen molar-refractivity contribution < 1.29 is 4.42 Å². The zero-order valence-electron chi connectivity index (χ0n) is 55.7. The predicted molar refractivity (Wildman–Crippen MR) is 442 cm³/mol. The molecule has 0 unspecified atom stereocenters. The molecule has 0 fully saturated rings. The highest BCUT2D eigenvalue weighted by atomic mass is 16.3. The fraction of sp³-hybridized carbons (Fsp3) is 0.0204. The fourth-order valence-electron chi connectivity index (χ4n) is 15.4. The van der Waals surface area contributed by atoms with E-state index in [1.165, 1.54) is 87.7 Å². The summed E-state index contributed by atoms with van der Waals surface area (Å²) in [4.78, 5) is 4.68. The van der Waals surface area contributed by atoms with Crippen molar-refractivity contribution in [2.24, 2.45) is 0 Å². The zero-order chi connectivity index (χ0) is 67.5. The number of para-hydroxylation sites is 8. The summed E-state index contributed by atoms with van der Waals surface area (Å²) in [6.07, 6.45) is 0. The van der Waals surface area contributed by atoms with Crippen LogP contribution in [-0.4, -0.2) is 13.7 Å². The average Bonchev–Trinajstić information content (AvgIpc) is 1.61. The minimum Gasteiger partial charge on any atom is -0.455 e. The molecule has 4 aromatic heterocycles. The molecule has 0 bridgehead atoms. The van der Waals surface area contributed by atoms with Crippen molar-refractivity contribution in [3.63, 3.8) is 0 Å². The lowest BCUT2D eigenvalue weighted by atomic mass is 10.0. The predicted octanol–water partition coefficient (Wildman–Crippen LogP) is 27.8. The smallest absolute Gasteiger partial charge is 0.143 e. The number of hydrogen-bond donors (Lipinski definition) is 0. The molecule has 0 spiro atoms. The van der Waals surface area contributed by atoms with E-state index < -0.39 is 0 Å². The second kappa shape index (κ2) is 27.1. The second-order valence-corrected chi connectivity index (χ2v) is 26.0. The van der Waals surface area contributed by atoms with Crippen LogP contribution in [0.3, 0.4) is 0 Å². The molecule has 20 rings (SSSR count). The van der Waals surface area contributed by atoms with Crippen molar-refractivity contribution in [1.29, 1.82) is 0 Å². The summed E-state index contributed by atoms with van der Waals surface area (Å²) in [5.41, 5.74) is 26.0. The van der Waals surface area contributed by atoms with Gasteiger partial charge in [0.25, 0.3) is 0 Å². The van der Waals surface area contributed by atoms with Crippen LogP contribution in [0.4, 0.5) is 34.1 Å². The Balaban J connectivity index is 0.000000157. The van der Waals surface area contributed by atoms with Gasteiger partial charge in [-0.1, -0.05) is 258 Å². The van der Waals surface area contributed by atoms with Crippen LogP contribution in [0.1, 0.15) is 14.9 Å². The summed E-state index contributed by atoms with van der Waals surface area (Å²) in [6.45, 7) is 0. The highest BCUT2D eigenvalue weighted by molar-refractivity contribution is 6.12. The molecule has 0 aliphatic heterocycles. The third-order valence-corrected chi connectivity index (χ3v) is 20.1. The number of benzene rings is 16. The Labute approximate surface area is 605 Å². The number of hydrogen-bond acceptors (Lipinski definition) is 3. The van der Waals surface area contributed by atoms with Crippen molar-refractivity contribution in [2.75, 3.05) is 9.80 Å². The van der Waals surface area contributed by atoms with Crippen LogP contribution in [0.25, 0.3) is 138 Å². The second-order valence-electron chi connectivity index (χ2n) is 26.0. The lowest BCUT2D eigenvalue weighted by Gasteiger charge is -2.26. The zero-order valence-corrected chi connectivity index (χ0v) is 55.7. The Morgan fingerprint density at radius 1 is 0.183 bits per heavy atom. The Kier molecular flexibility index (Phi) is 16.6. The van der Waals surface area contributed by atoms with Gasteiger partial charge in [0.05, 0.1) is 33.1 Å². The molecule has 0 amide bonds. The number of aromatic nitrogens is 3. The van der Waals surface area contributed by atoms with Crippen molar-refractivity contribution in [3.8, 4) is 50.4 Å². The molecule has 496 valence electrons. The molecule has 6 nitrogen and oxygen atoms in total. The van der Waals surface area contributed by atoms with Crippen LogP contribution in [0.2, 0.25) is 0 Å². The first-order valence-electron chi connectivity index (χ1n) is 34.8. The first-order valence-corrected chi connectivity index (χ1v) is 34.8. The molecular weight excluding hydrogens is 1260 g/mol. The lowest BCUT2D eigenvalue weighted by molar-refractivity contribution is 0.670. The molecule has 4 heterocycles. The van der Waals surface area contributed by atoms with Gasteiger partial charge < -0.3 is 27.9 Å². The van der Waals surface area contributed by atoms with Crippen LogP contribution in [-0.2, 0) is 0 Å². The van der Waals surface area contributed by atoms with Gasteiger partial charge in [0.1, 0.15) is 11.2 Å². The third-order valence-electron chi connectivity index (χ3n) is 20.1. The van der Waals surface area contributed by atoms with Crippen LogP contribution in [0, 0.1) is 0 Å². The van der Waals surface area contributed by atoms with E-state index in [1.807, 2.05) is 12.1 Å². The van der Waals surface area contributed by atoms with Crippen molar-refractivity contribution in [3.05, 3.63) is 394 Å². The van der Waals surface area contributed by atoms with E-state index in [0.29, 0.717) is 0 Å². The number of rotatable bonds is 12. The highest BCUT2D eigenvalue weighted by Crippen LogP contribution is 2.44. The first-order chi connectivity index (χ1) is 50.6. The average molecular weight is 1340 g/mol. The minimum atomic E-state index is 0. The SMILES string of the molecule is C.C.c1ccc(-c2ccc(N(c3ccc(-c4ccccc4)cc3)c3ccc(-c4cccc5c4oc4ccccc45)cc3)cc2)cc1.c1ccc2c(c1)c1ccccc1n2-c1ccc(N(c2ccc(-n3c4ccccc4c4ccccc43)cc2)c2ccc(-n3c4ccccc4c4ccccc43)cc2)cc1. The number of anilines is 6. The summed E-state index contributed by atoms with van der Waals surface area (Å²) in [5.74, 6) is 0. The number of furan rings is 1. The fourth-order valence-corrected chi connectivity index (χ4v) is 15.4. The van der Waals surface area contributed by atoms with E-state index in [9.17, 15) is 0 Å². The van der Waals surface area contributed by atoms with Gasteiger partial charge in [-0.2, -0.15) is 0 Å². The number of fused-ring (bicyclic) bond motifs is 12. The van der Waals surface area contributed by atoms with E-state index in [-0.39, 0.29) is 14.9 Å². The van der Waals surface area contributed by atoms with Gasteiger partial charge in [0.2, 0.25) is 0 Å². The Morgan fingerprint density at radius 2 is 0.423 bits per heavy atom. The van der Waals surface area contributed by atoms with Crippen molar-refractivity contribution in [1.82, 2.24) is 13.7 Å². The molecule has 0 aliphatic rings. The van der Waals surface area contributed by atoms with Gasteiger partial charge in [0.15, 0.2) is 0 Å². The maximum Gasteiger partial charge on any atom is 0.143 e. The van der Waals surface area contributed by atoms with Crippen molar-refractivity contribution in [2.45, 2.75) is 14.9 Å². The van der Waals surface area contributed by atoms with E-state index >= 15 is 0 Å². The summed E-state index contributed by atoms with van der Waals surface area (Å²) >= 11 is 0. The van der Waals surface area contributed by atoms with Gasteiger partial charge in [-0.25, -0.2) is 0 Å². The topological polar surface area (TPSA) is 34.4 Å². The molecule has 0 N–H and O–H groups in total. The molecule has 6 heteroatoms. The van der Waals surface area contributed by atoms with Crippen molar-refractivity contribution >= 4 is 121 Å². The third kappa shape index (κ3) is 11.2. The monoisotopic (exact) mass is 1340 g/mol. The summed E-state index contributed by atoms with van der Waals surface area (Å²) in [5, 5.41) is 9.84. The molecule has 16 aromatic carbocycles. The molecule has 20 aromatic rings. The summed E-state index contributed by atoms with van der Waals surface area (Å²) in [6, 6.07) is 141. The number of nitrogens with zero attached hydrogens (tertiary/aromatic N) is 5. The Morgan fingerprint density at radius 3 is 0.740 bits per heavy atom. The minimum absolute atomic E-state index is 0. The van der Waals surface area contributed by atoms with E-state index in [0.717, 1.165) is 84.3 Å². The van der Waals surface area contributed by atoms with Gasteiger partial charge in [0, 0.05) is 99.8 Å². The molecule has 0 radical (unpaired) electrons. The standard InChI is InChI=1S/C54H36N4.C42H29NO.2CH4/c1-7-19-49-43(13-1)44-14-2-8-20-50(44)56(49)40-31-25-37(26-32-40)55(38-27-33-41(34-28-38)57-51-21-9-3-15-45(51)46-16-4-10-22-52(46)57)39-29-35-42(36-30-39)58-53-23-11-5-17-47(53)48-18-6-12-24-54(48)58;1-3-10-30(11-4-1)32-18-24-35(25-19-32)43(36-26-20-33(21-27-36)31-12-5-2-6-13-31)37-28-22-34(23-29-37)38-15-9-16-40-39-14-7-8-17-41(39)44-42(38)40;;/h1-36H;1-29H;2*1H4. The first kappa shape index (κ1) is 63.7. The molecule has 0 aliphatic carbocycles. The highest BCUT2D eigenvalue weighted by Gasteiger charge is 2.21. The molecular formula is C98H73N5O. The largest absolute Gasteiger partial charge is 0.455 e. The quantitative estimate of drug-likeness (QED) is 0.122. The van der Waals surface area contributed by atoms with Gasteiger partial charge in [-0.3, -0.25) is 0 Å². The van der Waals surface area contributed by atoms with E-state index in [4.69, 9.17) is 4.42 Å². The molecule has 0 saturated carbocycles. The lowest BCUT2D eigenvalue weighted by Crippen LogP contribution is -2.10. The summed E-state index contributed by atoms with van der Waals surface area (Å²) < 4.78 is 13.5. The normalized spacial score (nSPS) is 11.3. The summed E-state index contributed by atoms with van der Waals surface area (Å²) in [7, 11) is 0. The van der Waals surface area contributed by atoms with Crippen LogP contribution in [0.5, 0.6) is 0 Å².